The van der Waals surface area contributed by atoms with Gasteiger partial charge in [-0.25, -0.2) is 18.2 Å². The van der Waals surface area contributed by atoms with Crippen LogP contribution < -0.4 is 0 Å². The highest BCUT2D eigenvalue weighted by Crippen LogP contribution is 2.27. The molecule has 108 valence electrons. The van der Waals surface area contributed by atoms with E-state index < -0.39 is 45.2 Å². The minimum Gasteiger partial charge on any atom is -0.476 e. The maximum absolute atomic E-state index is 12.3. The van der Waals surface area contributed by atoms with Crippen LogP contribution in [0.4, 0.5) is 13.2 Å². The fourth-order valence-electron chi connectivity index (χ4n) is 1.24. The van der Waals surface area contributed by atoms with Gasteiger partial charge in [-0.2, -0.15) is 17.5 Å². The Morgan fingerprint density at radius 2 is 2.11 bits per heavy atom. The van der Waals surface area contributed by atoms with Gasteiger partial charge in [0.15, 0.2) is 9.90 Å². The molecule has 0 aliphatic rings. The molecule has 0 bridgehead atoms. The van der Waals surface area contributed by atoms with Crippen LogP contribution in [0.2, 0.25) is 0 Å². The van der Waals surface area contributed by atoms with Crippen LogP contribution in [0.1, 0.15) is 17.4 Å². The van der Waals surface area contributed by atoms with Gasteiger partial charge < -0.3 is 5.11 Å². The second-order valence-electron chi connectivity index (χ2n) is 3.34. The summed E-state index contributed by atoms with van der Waals surface area (Å²) in [6.45, 7) is -0.883. The maximum atomic E-state index is 12.3. The molecule has 19 heavy (non-hydrogen) atoms. The van der Waals surface area contributed by atoms with Crippen molar-refractivity contribution >= 4 is 27.3 Å². The fourth-order valence-corrected chi connectivity index (χ4v) is 3.96. The zero-order valence-electron chi connectivity index (χ0n) is 9.51. The van der Waals surface area contributed by atoms with Crippen molar-refractivity contribution in [2.24, 2.45) is 0 Å². The van der Waals surface area contributed by atoms with Crippen molar-refractivity contribution in [1.29, 1.82) is 0 Å². The highest BCUT2D eigenvalue weighted by atomic mass is 32.2. The van der Waals surface area contributed by atoms with Crippen LogP contribution in [0.5, 0.6) is 0 Å². The number of rotatable bonds is 5. The van der Waals surface area contributed by atoms with Gasteiger partial charge >= 0.3 is 12.1 Å². The Labute approximate surface area is 110 Å². The average Bonchev–Trinajstić information content (AvgIpc) is 2.73. The zero-order valence-corrected chi connectivity index (χ0v) is 11.1. The van der Waals surface area contributed by atoms with Crippen LogP contribution in [0, 0.1) is 0 Å². The number of hydrogen-bond acceptors (Lipinski definition) is 5. The van der Waals surface area contributed by atoms with Crippen molar-refractivity contribution in [2.75, 3.05) is 13.1 Å². The quantitative estimate of drug-likeness (QED) is 0.887. The summed E-state index contributed by atoms with van der Waals surface area (Å²) >= 11 is 0.466. The van der Waals surface area contributed by atoms with E-state index in [1.165, 1.54) is 6.92 Å². The van der Waals surface area contributed by atoms with Crippen LogP contribution in [-0.4, -0.2) is 48.0 Å². The summed E-state index contributed by atoms with van der Waals surface area (Å²) in [6, 6.07) is 0. The van der Waals surface area contributed by atoms with E-state index in [2.05, 4.69) is 4.98 Å². The van der Waals surface area contributed by atoms with E-state index in [-0.39, 0.29) is 4.31 Å². The second kappa shape index (κ2) is 5.43. The molecule has 0 spiro atoms. The maximum Gasteiger partial charge on any atom is 0.402 e. The van der Waals surface area contributed by atoms with Gasteiger partial charge in [-0.15, -0.1) is 11.3 Å². The number of carboxylic acids is 1. The van der Waals surface area contributed by atoms with E-state index in [9.17, 15) is 26.4 Å². The molecule has 0 aliphatic carbocycles. The molecule has 0 aromatic carbocycles. The van der Waals surface area contributed by atoms with E-state index in [4.69, 9.17) is 5.11 Å². The monoisotopic (exact) mass is 318 g/mol. The van der Waals surface area contributed by atoms with Gasteiger partial charge in [-0.1, -0.05) is 6.92 Å². The van der Waals surface area contributed by atoms with Crippen molar-refractivity contribution < 1.29 is 31.5 Å². The summed E-state index contributed by atoms with van der Waals surface area (Å²) in [6.07, 6.45) is -4.71. The third-order valence-electron chi connectivity index (χ3n) is 2.02. The number of thiazole rings is 1. The molecule has 1 heterocycles. The summed E-state index contributed by atoms with van der Waals surface area (Å²) in [7, 11) is -4.53. The summed E-state index contributed by atoms with van der Waals surface area (Å²) in [5.41, 5.74) is 0.184. The van der Waals surface area contributed by atoms with Crippen LogP contribution in [0.3, 0.4) is 0 Å². The molecule has 0 saturated carbocycles. The molecule has 0 aliphatic heterocycles. The predicted molar refractivity (Wildman–Crippen MR) is 59.6 cm³/mol. The Hall–Kier alpha value is -1.20. The standard InChI is InChI=1S/C8H9F3N2O4S2/c1-2-13(3-8(9,10)11)19(16,17)7-5(6(14)15)12-4-18-7/h4H,2-3H2,1H3,(H,14,15). The smallest absolute Gasteiger partial charge is 0.402 e. The molecule has 0 atom stereocenters. The zero-order chi connectivity index (χ0) is 14.8. The van der Waals surface area contributed by atoms with E-state index in [1.807, 2.05) is 0 Å². The first kappa shape index (κ1) is 15.9. The molecule has 0 fully saturated rings. The second-order valence-corrected chi connectivity index (χ2v) is 6.33. The molecule has 1 rings (SSSR count). The van der Waals surface area contributed by atoms with Gasteiger partial charge in [0.25, 0.3) is 10.0 Å². The number of sulfonamides is 1. The Bertz CT molecular complexity index is 567. The third kappa shape index (κ3) is 3.64. The van der Waals surface area contributed by atoms with Crippen molar-refractivity contribution in [2.45, 2.75) is 17.3 Å². The number of alkyl halides is 3. The highest BCUT2D eigenvalue weighted by molar-refractivity contribution is 7.91. The predicted octanol–water partition coefficient (Wildman–Crippen LogP) is 1.41. The molecular weight excluding hydrogens is 309 g/mol. The molecule has 11 heteroatoms. The van der Waals surface area contributed by atoms with Crippen LogP contribution >= 0.6 is 11.3 Å². The summed E-state index contributed by atoms with van der Waals surface area (Å²) in [5, 5.41) is 8.74. The summed E-state index contributed by atoms with van der Waals surface area (Å²) in [5.74, 6) is -1.61. The van der Waals surface area contributed by atoms with Crippen LogP contribution in [0.25, 0.3) is 0 Å². The lowest BCUT2D eigenvalue weighted by Gasteiger charge is -2.20. The minimum atomic E-state index is -4.71. The Morgan fingerprint density at radius 1 is 1.53 bits per heavy atom. The molecule has 1 aromatic rings. The molecule has 6 nitrogen and oxygen atoms in total. The molecule has 0 saturated heterocycles. The van der Waals surface area contributed by atoms with Crippen molar-refractivity contribution in [1.82, 2.24) is 9.29 Å². The Balaban J connectivity index is 3.21. The topological polar surface area (TPSA) is 87.6 Å². The number of nitrogens with zero attached hydrogens (tertiary/aromatic N) is 2. The number of carbonyl (C=O) groups is 1. The van der Waals surface area contributed by atoms with Gasteiger partial charge in [0, 0.05) is 6.54 Å². The van der Waals surface area contributed by atoms with Gasteiger partial charge in [-0.3, -0.25) is 0 Å². The number of aromatic carboxylic acids is 1. The van der Waals surface area contributed by atoms with E-state index >= 15 is 0 Å². The lowest BCUT2D eigenvalue weighted by atomic mass is 10.5. The normalized spacial score (nSPS) is 12.9. The first-order valence-corrected chi connectivity index (χ1v) is 7.15. The van der Waals surface area contributed by atoms with Crippen LogP contribution in [0.15, 0.2) is 9.72 Å². The summed E-state index contributed by atoms with van der Waals surface area (Å²) in [4.78, 5) is 14.1. The van der Waals surface area contributed by atoms with Gasteiger partial charge in [0.05, 0.1) is 5.51 Å². The first-order valence-electron chi connectivity index (χ1n) is 4.83. The number of halogens is 3. The fraction of sp³-hybridized carbons (Fsp3) is 0.500. The minimum absolute atomic E-state index is 0.160. The molecule has 0 radical (unpaired) electrons. The van der Waals surface area contributed by atoms with Crippen molar-refractivity contribution in [3.8, 4) is 0 Å². The van der Waals surface area contributed by atoms with Crippen molar-refractivity contribution in [3.05, 3.63) is 11.2 Å². The van der Waals surface area contributed by atoms with E-state index in [0.717, 1.165) is 5.51 Å². The average molecular weight is 318 g/mol. The Morgan fingerprint density at radius 3 is 2.53 bits per heavy atom. The van der Waals surface area contributed by atoms with E-state index in [0.29, 0.717) is 11.3 Å². The number of hydrogen-bond donors (Lipinski definition) is 1. The molecule has 0 unspecified atom stereocenters. The largest absolute Gasteiger partial charge is 0.476 e. The number of carboxylic acid groups (broad SMARTS) is 1. The lowest BCUT2D eigenvalue weighted by Crippen LogP contribution is -2.38. The van der Waals surface area contributed by atoms with Gasteiger partial charge in [0.2, 0.25) is 0 Å². The SMILES string of the molecule is CCN(CC(F)(F)F)S(=O)(=O)c1scnc1C(=O)O. The Kier molecular flexibility index (Phi) is 4.53. The van der Waals surface area contributed by atoms with Crippen LogP contribution in [-0.2, 0) is 10.0 Å². The molecule has 1 aromatic heterocycles. The van der Waals surface area contributed by atoms with Gasteiger partial charge in [0.1, 0.15) is 6.54 Å². The van der Waals surface area contributed by atoms with Gasteiger partial charge in [-0.05, 0) is 0 Å². The first-order chi connectivity index (χ1) is 8.59. The molecular formula is C8H9F3N2O4S2. The molecule has 0 amide bonds. The summed E-state index contributed by atoms with van der Waals surface area (Å²) < 4.78 is 60.2. The number of aromatic nitrogens is 1. The molecule has 1 N–H and O–H groups in total. The highest BCUT2D eigenvalue weighted by Gasteiger charge is 2.38. The van der Waals surface area contributed by atoms with Crippen molar-refractivity contribution in [3.63, 3.8) is 0 Å². The van der Waals surface area contributed by atoms with E-state index in [1.54, 1.807) is 0 Å². The third-order valence-corrected chi connectivity index (χ3v) is 5.29. The lowest BCUT2D eigenvalue weighted by molar-refractivity contribution is -0.135.